The van der Waals surface area contributed by atoms with Crippen LogP contribution < -0.4 is 5.32 Å². The minimum absolute atomic E-state index is 0.425. The van der Waals surface area contributed by atoms with Crippen molar-refractivity contribution in [2.24, 2.45) is 5.92 Å². The Morgan fingerprint density at radius 3 is 3.07 bits per heavy atom. The Bertz CT molecular complexity index is 309. The fraction of sp³-hybridized carbons (Fsp3) is 0.636. The summed E-state index contributed by atoms with van der Waals surface area (Å²) in [6, 6.07) is 4.51. The van der Waals surface area contributed by atoms with Gasteiger partial charge >= 0.3 is 0 Å². The summed E-state index contributed by atoms with van der Waals surface area (Å²) < 4.78 is 6.26. The smallest absolute Gasteiger partial charge is 0.0931 e. The first-order valence-corrected chi connectivity index (χ1v) is 6.49. The molecule has 4 heteroatoms. The van der Waals surface area contributed by atoms with Gasteiger partial charge in [-0.3, -0.25) is 0 Å². The zero-order valence-corrected chi connectivity index (χ0v) is 10.4. The molecular weight excluding hydrogens is 230 g/mol. The average Bonchev–Trinajstić information content (AvgIpc) is 2.85. The second-order valence-electron chi connectivity index (χ2n) is 3.95. The van der Waals surface area contributed by atoms with E-state index >= 15 is 0 Å². The standard InChI is InChI=1S/C11H16ClNOS/c1-13-9(6-8-4-5-14-7-8)10-2-3-11(12)15-10/h2-3,8-9,13H,4-7H2,1H3. The van der Waals surface area contributed by atoms with Gasteiger partial charge in [0, 0.05) is 24.1 Å². The van der Waals surface area contributed by atoms with Gasteiger partial charge in [-0.05, 0) is 37.9 Å². The van der Waals surface area contributed by atoms with E-state index in [1.807, 2.05) is 13.1 Å². The van der Waals surface area contributed by atoms with Crippen LogP contribution in [0, 0.1) is 5.92 Å². The molecule has 0 spiro atoms. The molecule has 2 atom stereocenters. The van der Waals surface area contributed by atoms with Crippen molar-refractivity contribution in [3.8, 4) is 0 Å². The van der Waals surface area contributed by atoms with E-state index in [4.69, 9.17) is 16.3 Å². The van der Waals surface area contributed by atoms with Crippen LogP contribution in [0.3, 0.4) is 0 Å². The first-order chi connectivity index (χ1) is 7.29. The molecule has 1 aromatic heterocycles. The molecule has 1 saturated heterocycles. The van der Waals surface area contributed by atoms with Gasteiger partial charge in [-0.2, -0.15) is 0 Å². The summed E-state index contributed by atoms with van der Waals surface area (Å²) in [5, 5.41) is 3.35. The number of rotatable bonds is 4. The molecule has 0 bridgehead atoms. The van der Waals surface area contributed by atoms with Crippen LogP contribution in [0.25, 0.3) is 0 Å². The van der Waals surface area contributed by atoms with Crippen LogP contribution in [0.1, 0.15) is 23.8 Å². The van der Waals surface area contributed by atoms with Gasteiger partial charge in [0.1, 0.15) is 0 Å². The molecule has 15 heavy (non-hydrogen) atoms. The lowest BCUT2D eigenvalue weighted by Gasteiger charge is -2.17. The van der Waals surface area contributed by atoms with E-state index in [0.29, 0.717) is 12.0 Å². The minimum Gasteiger partial charge on any atom is -0.381 e. The van der Waals surface area contributed by atoms with Crippen molar-refractivity contribution in [3.63, 3.8) is 0 Å². The molecule has 2 rings (SSSR count). The van der Waals surface area contributed by atoms with Crippen LogP contribution in [-0.4, -0.2) is 20.3 Å². The molecule has 2 heterocycles. The number of hydrogen-bond donors (Lipinski definition) is 1. The molecular formula is C11H16ClNOS. The van der Waals surface area contributed by atoms with E-state index in [1.165, 1.54) is 11.3 Å². The van der Waals surface area contributed by atoms with Gasteiger partial charge in [-0.1, -0.05) is 11.6 Å². The number of hydrogen-bond acceptors (Lipinski definition) is 3. The summed E-state index contributed by atoms with van der Waals surface area (Å²) in [6.45, 7) is 1.84. The molecule has 1 N–H and O–H groups in total. The molecule has 1 aromatic rings. The predicted octanol–water partition coefficient (Wildman–Crippen LogP) is 3.09. The van der Waals surface area contributed by atoms with Gasteiger partial charge in [0.05, 0.1) is 4.34 Å². The molecule has 0 aliphatic carbocycles. The van der Waals surface area contributed by atoms with E-state index in [1.54, 1.807) is 11.3 Å². The van der Waals surface area contributed by atoms with Crippen LogP contribution in [0.2, 0.25) is 4.34 Å². The van der Waals surface area contributed by atoms with Crippen LogP contribution in [0.15, 0.2) is 12.1 Å². The molecule has 2 unspecified atom stereocenters. The fourth-order valence-electron chi connectivity index (χ4n) is 1.99. The van der Waals surface area contributed by atoms with E-state index in [9.17, 15) is 0 Å². The Morgan fingerprint density at radius 2 is 2.53 bits per heavy atom. The highest BCUT2D eigenvalue weighted by Crippen LogP contribution is 2.32. The molecule has 1 aliphatic rings. The van der Waals surface area contributed by atoms with Gasteiger partial charge in [-0.15, -0.1) is 11.3 Å². The van der Waals surface area contributed by atoms with Gasteiger partial charge < -0.3 is 10.1 Å². The maximum atomic E-state index is 5.94. The first kappa shape index (κ1) is 11.4. The van der Waals surface area contributed by atoms with Crippen molar-refractivity contribution in [3.05, 3.63) is 21.3 Å². The Balaban J connectivity index is 1.97. The summed E-state index contributed by atoms with van der Waals surface area (Å²) in [7, 11) is 2.01. The van der Waals surface area contributed by atoms with E-state index in [2.05, 4.69) is 11.4 Å². The Kier molecular flexibility index (Phi) is 4.03. The molecule has 0 radical (unpaired) electrons. The van der Waals surface area contributed by atoms with E-state index in [0.717, 1.165) is 24.0 Å². The number of halogens is 1. The maximum Gasteiger partial charge on any atom is 0.0931 e. The Labute approximate surface area is 99.6 Å². The Morgan fingerprint density at radius 1 is 1.67 bits per heavy atom. The Hall–Kier alpha value is -0.0900. The molecule has 0 saturated carbocycles. The predicted molar refractivity (Wildman–Crippen MR) is 64.7 cm³/mol. The van der Waals surface area contributed by atoms with Crippen molar-refractivity contribution in [1.29, 1.82) is 0 Å². The van der Waals surface area contributed by atoms with Gasteiger partial charge in [-0.25, -0.2) is 0 Å². The summed E-state index contributed by atoms with van der Waals surface area (Å²) in [6.07, 6.45) is 2.34. The van der Waals surface area contributed by atoms with Crippen LogP contribution in [0.5, 0.6) is 0 Å². The zero-order valence-electron chi connectivity index (χ0n) is 8.83. The van der Waals surface area contributed by atoms with E-state index in [-0.39, 0.29) is 0 Å². The van der Waals surface area contributed by atoms with Crippen molar-refractivity contribution in [1.82, 2.24) is 5.32 Å². The molecule has 0 amide bonds. The van der Waals surface area contributed by atoms with Gasteiger partial charge in [0.25, 0.3) is 0 Å². The summed E-state index contributed by atoms with van der Waals surface area (Å²) in [4.78, 5) is 1.33. The lowest BCUT2D eigenvalue weighted by Crippen LogP contribution is -2.19. The highest BCUT2D eigenvalue weighted by atomic mass is 35.5. The lowest BCUT2D eigenvalue weighted by molar-refractivity contribution is 0.182. The SMILES string of the molecule is CNC(CC1CCOC1)c1ccc(Cl)s1. The van der Waals surface area contributed by atoms with Crippen LogP contribution in [0.4, 0.5) is 0 Å². The quantitative estimate of drug-likeness (QED) is 0.880. The minimum atomic E-state index is 0.425. The third-order valence-corrected chi connectivity index (χ3v) is 4.22. The monoisotopic (exact) mass is 245 g/mol. The van der Waals surface area contributed by atoms with Crippen molar-refractivity contribution < 1.29 is 4.74 Å². The topological polar surface area (TPSA) is 21.3 Å². The van der Waals surface area contributed by atoms with Crippen LogP contribution >= 0.6 is 22.9 Å². The molecule has 1 aliphatic heterocycles. The second-order valence-corrected chi connectivity index (χ2v) is 5.70. The summed E-state index contributed by atoms with van der Waals surface area (Å²) in [5.41, 5.74) is 0. The highest BCUT2D eigenvalue weighted by Gasteiger charge is 2.21. The lowest BCUT2D eigenvalue weighted by atomic mass is 9.98. The van der Waals surface area contributed by atoms with Crippen molar-refractivity contribution >= 4 is 22.9 Å². The second kappa shape index (κ2) is 5.30. The van der Waals surface area contributed by atoms with Gasteiger partial charge in [0.15, 0.2) is 0 Å². The van der Waals surface area contributed by atoms with Crippen molar-refractivity contribution in [2.75, 3.05) is 20.3 Å². The third kappa shape index (κ3) is 2.94. The summed E-state index contributed by atoms with van der Waals surface area (Å²) in [5.74, 6) is 0.698. The molecule has 0 aromatic carbocycles. The van der Waals surface area contributed by atoms with E-state index < -0.39 is 0 Å². The normalized spacial score (nSPS) is 23.2. The third-order valence-electron chi connectivity index (χ3n) is 2.88. The first-order valence-electron chi connectivity index (χ1n) is 5.30. The fourth-order valence-corrected chi connectivity index (χ4v) is 3.18. The van der Waals surface area contributed by atoms with Crippen molar-refractivity contribution in [2.45, 2.75) is 18.9 Å². The molecule has 2 nitrogen and oxygen atoms in total. The largest absolute Gasteiger partial charge is 0.381 e. The zero-order chi connectivity index (χ0) is 10.7. The maximum absolute atomic E-state index is 5.94. The van der Waals surface area contributed by atoms with Gasteiger partial charge in [0.2, 0.25) is 0 Å². The number of nitrogens with one attached hydrogen (secondary N) is 1. The average molecular weight is 246 g/mol. The molecule has 1 fully saturated rings. The van der Waals surface area contributed by atoms with Crippen LogP contribution in [-0.2, 0) is 4.74 Å². The highest BCUT2D eigenvalue weighted by molar-refractivity contribution is 7.16. The summed E-state index contributed by atoms with van der Waals surface area (Å²) >= 11 is 7.61. The number of ether oxygens (including phenoxy) is 1. The molecule has 84 valence electrons. The number of thiophene rings is 1.